The summed E-state index contributed by atoms with van der Waals surface area (Å²) in [5.74, 6) is -2.20. The zero-order valence-corrected chi connectivity index (χ0v) is 13.2. The first-order chi connectivity index (χ1) is 9.85. The highest BCUT2D eigenvalue weighted by atomic mass is 32.2. The van der Waals surface area contributed by atoms with Crippen molar-refractivity contribution in [1.29, 1.82) is 0 Å². The molecule has 2 atom stereocenters. The van der Waals surface area contributed by atoms with Gasteiger partial charge in [0.1, 0.15) is 16.4 Å². The number of anilines is 1. The summed E-state index contributed by atoms with van der Waals surface area (Å²) in [5, 5.41) is 0.398. The van der Waals surface area contributed by atoms with Gasteiger partial charge in [-0.05, 0) is 37.7 Å². The molecule has 2 unspecified atom stereocenters. The van der Waals surface area contributed by atoms with Gasteiger partial charge in [-0.15, -0.1) is 0 Å². The fraction of sp³-hybridized carbons (Fsp3) is 0.538. The highest BCUT2D eigenvalue weighted by Crippen LogP contribution is 2.29. The normalized spacial score (nSPS) is 23.2. The van der Waals surface area contributed by atoms with Gasteiger partial charge in [0, 0.05) is 11.3 Å². The van der Waals surface area contributed by atoms with Crippen LogP contribution in [-0.2, 0) is 10.0 Å². The van der Waals surface area contributed by atoms with Gasteiger partial charge in [0.25, 0.3) is 0 Å². The van der Waals surface area contributed by atoms with Gasteiger partial charge in [-0.2, -0.15) is 11.8 Å². The third-order valence-corrected chi connectivity index (χ3v) is 6.29. The summed E-state index contributed by atoms with van der Waals surface area (Å²) in [6.07, 6.45) is 5.39. The van der Waals surface area contributed by atoms with E-state index in [-0.39, 0.29) is 6.04 Å². The molecule has 118 valence electrons. The number of thioether (sulfide) groups is 1. The van der Waals surface area contributed by atoms with Crippen molar-refractivity contribution in [3.63, 3.8) is 0 Å². The first-order valence-corrected chi connectivity index (χ1v) is 9.41. The zero-order valence-electron chi connectivity index (χ0n) is 11.6. The number of nitrogens with two attached hydrogens (primary N) is 1. The summed E-state index contributed by atoms with van der Waals surface area (Å²) in [7, 11) is -4.04. The second kappa shape index (κ2) is 6.50. The van der Waals surface area contributed by atoms with Crippen LogP contribution in [0.15, 0.2) is 17.0 Å². The molecule has 0 saturated heterocycles. The largest absolute Gasteiger partial charge is 0.394 e. The van der Waals surface area contributed by atoms with Gasteiger partial charge in [0.15, 0.2) is 5.82 Å². The molecule has 0 bridgehead atoms. The molecular formula is C13H18F2N2O2S2. The molecule has 1 fully saturated rings. The average Bonchev–Trinajstić information content (AvgIpc) is 2.44. The zero-order chi connectivity index (χ0) is 15.6. The smallest absolute Gasteiger partial charge is 0.243 e. The molecule has 2 rings (SSSR count). The van der Waals surface area contributed by atoms with Gasteiger partial charge in [0.05, 0.1) is 0 Å². The van der Waals surface area contributed by atoms with Crippen molar-refractivity contribution in [3.05, 3.63) is 23.8 Å². The van der Waals surface area contributed by atoms with Crippen molar-refractivity contribution < 1.29 is 17.2 Å². The quantitative estimate of drug-likeness (QED) is 0.829. The molecule has 1 aromatic rings. The maximum Gasteiger partial charge on any atom is 0.243 e. The van der Waals surface area contributed by atoms with Crippen LogP contribution >= 0.6 is 11.8 Å². The second-order valence-corrected chi connectivity index (χ2v) is 7.94. The lowest BCUT2D eigenvalue weighted by Gasteiger charge is -2.28. The maximum absolute atomic E-state index is 13.9. The minimum atomic E-state index is -4.04. The molecule has 4 nitrogen and oxygen atoms in total. The first kappa shape index (κ1) is 16.5. The Morgan fingerprint density at radius 2 is 2.05 bits per heavy atom. The van der Waals surface area contributed by atoms with E-state index in [4.69, 9.17) is 5.73 Å². The minimum Gasteiger partial charge on any atom is -0.394 e. The number of nitrogen functional groups attached to an aromatic ring is 1. The molecule has 0 aliphatic heterocycles. The fourth-order valence-electron chi connectivity index (χ4n) is 2.51. The average molecular weight is 336 g/mol. The molecule has 3 N–H and O–H groups in total. The SMILES string of the molecule is CSC1CCCC(NS(=O)(=O)c2ccc(F)c(N)c2F)C1. The standard InChI is InChI=1S/C13H18F2N2O2S2/c1-20-9-4-2-3-8(7-9)17-21(18,19)11-6-5-10(14)13(16)12(11)15/h5-6,8-9,17H,2-4,7,16H2,1H3. The van der Waals surface area contributed by atoms with Crippen LogP contribution in [0.5, 0.6) is 0 Å². The minimum absolute atomic E-state index is 0.230. The number of hydrogen-bond donors (Lipinski definition) is 2. The summed E-state index contributed by atoms with van der Waals surface area (Å²) in [5.41, 5.74) is 4.44. The van der Waals surface area contributed by atoms with Crippen molar-refractivity contribution in [2.24, 2.45) is 0 Å². The van der Waals surface area contributed by atoms with Gasteiger partial charge in [-0.25, -0.2) is 21.9 Å². The van der Waals surface area contributed by atoms with Crippen molar-refractivity contribution >= 4 is 27.5 Å². The molecule has 0 spiro atoms. The third-order valence-electron chi connectivity index (χ3n) is 3.66. The first-order valence-electron chi connectivity index (χ1n) is 6.63. The molecule has 8 heteroatoms. The maximum atomic E-state index is 13.9. The predicted molar refractivity (Wildman–Crippen MR) is 80.7 cm³/mol. The Morgan fingerprint density at radius 3 is 2.71 bits per heavy atom. The predicted octanol–water partition coefficient (Wildman–Crippen LogP) is 2.50. The lowest BCUT2D eigenvalue weighted by Crippen LogP contribution is -2.39. The molecule has 1 aliphatic rings. The van der Waals surface area contributed by atoms with E-state index in [2.05, 4.69) is 4.72 Å². The molecule has 1 aliphatic carbocycles. The highest BCUT2D eigenvalue weighted by Gasteiger charge is 2.28. The number of nitrogens with one attached hydrogen (secondary N) is 1. The van der Waals surface area contributed by atoms with Crippen LogP contribution in [0.1, 0.15) is 25.7 Å². The van der Waals surface area contributed by atoms with Crippen LogP contribution in [0.25, 0.3) is 0 Å². The van der Waals surface area contributed by atoms with Crippen molar-refractivity contribution in [1.82, 2.24) is 4.72 Å². The molecule has 0 heterocycles. The third kappa shape index (κ3) is 3.67. The van der Waals surface area contributed by atoms with E-state index in [1.807, 2.05) is 6.26 Å². The Kier molecular flexibility index (Phi) is 5.11. The number of halogens is 2. The molecule has 1 saturated carbocycles. The number of sulfonamides is 1. The van der Waals surface area contributed by atoms with Gasteiger partial charge >= 0.3 is 0 Å². The lowest BCUT2D eigenvalue weighted by molar-refractivity contribution is 0.419. The molecule has 0 radical (unpaired) electrons. The van der Waals surface area contributed by atoms with Crippen molar-refractivity contribution in [3.8, 4) is 0 Å². The molecule has 21 heavy (non-hydrogen) atoms. The topological polar surface area (TPSA) is 72.2 Å². The number of hydrogen-bond acceptors (Lipinski definition) is 4. The number of rotatable bonds is 4. The van der Waals surface area contributed by atoms with Crippen molar-refractivity contribution in [2.45, 2.75) is 41.9 Å². The van der Waals surface area contributed by atoms with Crippen LogP contribution in [0.4, 0.5) is 14.5 Å². The van der Waals surface area contributed by atoms with E-state index in [0.717, 1.165) is 25.0 Å². The summed E-state index contributed by atoms with van der Waals surface area (Å²) >= 11 is 1.70. The van der Waals surface area contributed by atoms with E-state index in [0.29, 0.717) is 18.1 Å². The Morgan fingerprint density at radius 1 is 1.33 bits per heavy atom. The summed E-state index contributed by atoms with van der Waals surface area (Å²) in [6, 6.07) is 1.53. The Balaban J connectivity index is 2.21. The van der Waals surface area contributed by atoms with E-state index in [9.17, 15) is 17.2 Å². The second-order valence-electron chi connectivity index (χ2n) is 5.12. The summed E-state index contributed by atoms with van der Waals surface area (Å²) in [6.45, 7) is 0. The van der Waals surface area contributed by atoms with Crippen molar-refractivity contribution in [2.75, 3.05) is 12.0 Å². The monoisotopic (exact) mass is 336 g/mol. The molecular weight excluding hydrogens is 318 g/mol. The van der Waals surface area contributed by atoms with E-state index >= 15 is 0 Å². The summed E-state index contributed by atoms with van der Waals surface area (Å²) in [4.78, 5) is -0.604. The van der Waals surface area contributed by atoms with Gasteiger partial charge in [-0.3, -0.25) is 0 Å². The van der Waals surface area contributed by atoms with E-state index in [1.54, 1.807) is 11.8 Å². The van der Waals surface area contributed by atoms with Gasteiger partial charge < -0.3 is 5.73 Å². The number of benzene rings is 1. The molecule has 0 aromatic heterocycles. The molecule has 1 aromatic carbocycles. The fourth-order valence-corrected chi connectivity index (χ4v) is 4.71. The Labute approximate surface area is 127 Å². The van der Waals surface area contributed by atoms with E-state index in [1.165, 1.54) is 0 Å². The van der Waals surface area contributed by atoms with Crippen LogP contribution in [-0.4, -0.2) is 26.0 Å². The molecule has 0 amide bonds. The van der Waals surface area contributed by atoms with Crippen LogP contribution in [0, 0.1) is 11.6 Å². The lowest BCUT2D eigenvalue weighted by atomic mass is 9.96. The van der Waals surface area contributed by atoms with Crippen LogP contribution < -0.4 is 10.5 Å². The Bertz CT molecular complexity index is 623. The van der Waals surface area contributed by atoms with Crippen LogP contribution in [0.3, 0.4) is 0 Å². The van der Waals surface area contributed by atoms with E-state index < -0.39 is 32.2 Å². The Hall–Kier alpha value is -0.860. The van der Waals surface area contributed by atoms with Gasteiger partial charge in [0.2, 0.25) is 10.0 Å². The van der Waals surface area contributed by atoms with Gasteiger partial charge in [-0.1, -0.05) is 6.42 Å². The summed E-state index contributed by atoms with van der Waals surface area (Å²) < 4.78 is 54.0. The highest BCUT2D eigenvalue weighted by molar-refractivity contribution is 7.99. The van der Waals surface area contributed by atoms with Crippen LogP contribution in [0.2, 0.25) is 0 Å².